The lowest BCUT2D eigenvalue weighted by atomic mass is 10.2. The molecule has 0 saturated heterocycles. The maximum Gasteiger partial charge on any atom is 0.445 e. The van der Waals surface area contributed by atoms with Gasteiger partial charge in [-0.25, -0.2) is 4.39 Å². The van der Waals surface area contributed by atoms with E-state index in [1.165, 1.54) is 12.1 Å². The highest BCUT2D eigenvalue weighted by atomic mass is 35.7. The summed E-state index contributed by atoms with van der Waals surface area (Å²) in [4.78, 5) is -0.00390. The second-order valence-electron chi connectivity index (χ2n) is 3.63. The number of rotatable bonds is 1. The van der Waals surface area contributed by atoms with Crippen LogP contribution < -0.4 is 0 Å². The minimum Gasteiger partial charge on any atom is -0.207 e. The second-order valence-corrected chi connectivity index (χ2v) is 7.52. The van der Waals surface area contributed by atoms with Gasteiger partial charge in [-0.2, -0.15) is 13.2 Å². The highest BCUT2D eigenvalue weighted by Crippen LogP contribution is 2.80. The summed E-state index contributed by atoms with van der Waals surface area (Å²) in [6, 6.07) is 3.37. The third kappa shape index (κ3) is 1.76. The van der Waals surface area contributed by atoms with Gasteiger partial charge in [0.2, 0.25) is 0 Å². The van der Waals surface area contributed by atoms with E-state index >= 15 is 0 Å². The molecule has 0 aliphatic carbocycles. The van der Waals surface area contributed by atoms with Gasteiger partial charge in [-0.15, -0.1) is 0 Å². The van der Waals surface area contributed by atoms with Crippen LogP contribution in [-0.2, 0) is 0 Å². The summed E-state index contributed by atoms with van der Waals surface area (Å²) in [5.41, 5.74) is -4.19. The molecule has 0 spiro atoms. The molecule has 0 N–H and O–H groups in total. The average Bonchev–Trinajstić information content (AvgIpc) is 2.52. The van der Waals surface area contributed by atoms with Gasteiger partial charge < -0.3 is 0 Å². The van der Waals surface area contributed by atoms with Crippen LogP contribution in [0.15, 0.2) is 28.0 Å². The van der Waals surface area contributed by atoms with Crippen molar-refractivity contribution in [1.29, 1.82) is 0 Å². The fourth-order valence-electron chi connectivity index (χ4n) is 1.84. The van der Waals surface area contributed by atoms with E-state index in [0.29, 0.717) is 5.56 Å². The molecule has 0 saturated carbocycles. The first-order valence-corrected chi connectivity index (χ1v) is 7.36. The first-order valence-electron chi connectivity index (χ1n) is 4.90. The van der Waals surface area contributed by atoms with Gasteiger partial charge >= 0.3 is 5.51 Å². The van der Waals surface area contributed by atoms with Crippen molar-refractivity contribution in [3.63, 3.8) is 0 Å². The number of benzene rings is 1. The maximum atomic E-state index is 13.1. The van der Waals surface area contributed by atoms with Crippen LogP contribution in [0.1, 0.15) is 18.9 Å². The summed E-state index contributed by atoms with van der Waals surface area (Å²) in [6.45, 7) is 1.62. The topological polar surface area (TPSA) is 0 Å². The van der Waals surface area contributed by atoms with Crippen molar-refractivity contribution >= 4 is 26.0 Å². The summed E-state index contributed by atoms with van der Waals surface area (Å²) < 4.78 is 52.5. The quantitative estimate of drug-likeness (QED) is 0.603. The molecule has 94 valence electrons. The van der Waals surface area contributed by atoms with Crippen LogP contribution in [0.5, 0.6) is 0 Å². The van der Waals surface area contributed by atoms with Crippen LogP contribution in [0.25, 0.3) is 6.08 Å². The molecule has 1 unspecified atom stereocenters. The molecule has 0 amide bonds. The largest absolute Gasteiger partial charge is 0.445 e. The van der Waals surface area contributed by atoms with E-state index in [9.17, 15) is 17.6 Å². The standard InChI is InChI=1S/C11H9ClF4S/c1-2-9-5-7-3-4-8(13)6-10(7)17(9,12)11(14,15)16/h3-6H,2H2,1H3. The fraction of sp³-hybridized carbons (Fsp3) is 0.273. The van der Waals surface area contributed by atoms with Gasteiger partial charge in [-0.3, -0.25) is 0 Å². The Morgan fingerprint density at radius 3 is 2.47 bits per heavy atom. The average molecular weight is 285 g/mol. The maximum absolute atomic E-state index is 13.1. The molecule has 1 aliphatic heterocycles. The third-order valence-electron chi connectivity index (χ3n) is 2.62. The summed E-state index contributed by atoms with van der Waals surface area (Å²) in [5.74, 6) is -0.698. The Morgan fingerprint density at radius 1 is 1.29 bits per heavy atom. The number of hydrogen-bond acceptors (Lipinski definition) is 0. The molecule has 0 radical (unpaired) electrons. The monoisotopic (exact) mass is 284 g/mol. The lowest BCUT2D eigenvalue weighted by molar-refractivity contribution is -0.0359. The lowest BCUT2D eigenvalue weighted by Crippen LogP contribution is -2.16. The SMILES string of the molecule is CCC1=Cc2ccc(F)cc2S1(Cl)C(F)(F)F. The predicted octanol–water partition coefficient (Wildman–Crippen LogP) is 5.43. The Kier molecular flexibility index (Phi) is 2.94. The van der Waals surface area contributed by atoms with Crippen molar-refractivity contribution in [3.8, 4) is 0 Å². The molecule has 1 atom stereocenters. The molecular formula is C11H9ClF4S. The van der Waals surface area contributed by atoms with Crippen LogP contribution in [0.2, 0.25) is 0 Å². The van der Waals surface area contributed by atoms with Crippen molar-refractivity contribution in [1.82, 2.24) is 0 Å². The van der Waals surface area contributed by atoms with Crippen LogP contribution in [0.4, 0.5) is 17.6 Å². The first-order chi connectivity index (χ1) is 7.80. The summed E-state index contributed by atoms with van der Waals surface area (Å²) in [5, 5.41) is 0. The van der Waals surface area contributed by atoms with Gasteiger partial charge in [-0.1, -0.05) is 13.0 Å². The lowest BCUT2D eigenvalue weighted by Gasteiger charge is -2.34. The number of halogens is 5. The van der Waals surface area contributed by atoms with Crippen LogP contribution in [-0.4, -0.2) is 5.51 Å². The van der Waals surface area contributed by atoms with Crippen LogP contribution >= 0.6 is 19.9 Å². The van der Waals surface area contributed by atoms with E-state index in [2.05, 4.69) is 0 Å². The molecule has 0 nitrogen and oxygen atoms in total. The molecule has 2 rings (SSSR count). The molecule has 1 aliphatic rings. The molecule has 1 aromatic rings. The van der Waals surface area contributed by atoms with E-state index in [4.69, 9.17) is 10.7 Å². The Labute approximate surface area is 102 Å². The van der Waals surface area contributed by atoms with Gasteiger partial charge in [0.15, 0.2) is 0 Å². The molecule has 1 aromatic carbocycles. The Bertz CT molecular complexity index is 495. The molecule has 6 heteroatoms. The van der Waals surface area contributed by atoms with E-state index in [-0.39, 0.29) is 16.2 Å². The Morgan fingerprint density at radius 2 is 1.94 bits per heavy atom. The van der Waals surface area contributed by atoms with Crippen molar-refractivity contribution < 1.29 is 17.6 Å². The van der Waals surface area contributed by atoms with Gasteiger partial charge in [0.1, 0.15) is 5.82 Å². The smallest absolute Gasteiger partial charge is 0.207 e. The zero-order chi connectivity index (χ0) is 12.8. The van der Waals surface area contributed by atoms with Gasteiger partial charge in [0, 0.05) is 4.90 Å². The molecule has 0 aromatic heterocycles. The van der Waals surface area contributed by atoms with Crippen molar-refractivity contribution in [3.05, 3.63) is 34.5 Å². The minimum absolute atomic E-state index is 0.132. The number of fused-ring (bicyclic) bond motifs is 1. The fourth-order valence-corrected chi connectivity index (χ4v) is 4.95. The van der Waals surface area contributed by atoms with Crippen molar-refractivity contribution in [2.45, 2.75) is 23.7 Å². The summed E-state index contributed by atoms with van der Waals surface area (Å²) >= 11 is 0. The van der Waals surface area contributed by atoms with Gasteiger partial charge in [0.05, 0.1) is 0 Å². The van der Waals surface area contributed by atoms with E-state index in [1.807, 2.05) is 0 Å². The summed E-state index contributed by atoms with van der Waals surface area (Å²) in [6.07, 6.45) is 1.62. The van der Waals surface area contributed by atoms with Gasteiger partial charge in [-0.05, 0) is 55.0 Å². The predicted molar refractivity (Wildman–Crippen MR) is 62.4 cm³/mol. The first kappa shape index (κ1) is 12.8. The zero-order valence-electron chi connectivity index (χ0n) is 8.81. The van der Waals surface area contributed by atoms with Gasteiger partial charge in [0.25, 0.3) is 0 Å². The second kappa shape index (κ2) is 3.92. The van der Waals surface area contributed by atoms with Crippen LogP contribution in [0, 0.1) is 5.82 Å². The highest BCUT2D eigenvalue weighted by Gasteiger charge is 2.55. The molecule has 0 bridgehead atoms. The Hall–Kier alpha value is -0.680. The van der Waals surface area contributed by atoms with Crippen molar-refractivity contribution in [2.75, 3.05) is 0 Å². The summed E-state index contributed by atoms with van der Waals surface area (Å²) in [7, 11) is 2.24. The van der Waals surface area contributed by atoms with E-state index < -0.39 is 20.6 Å². The minimum atomic E-state index is -4.56. The highest BCUT2D eigenvalue weighted by molar-refractivity contribution is 8.54. The Balaban J connectivity index is 2.68. The van der Waals surface area contributed by atoms with Crippen LogP contribution in [0.3, 0.4) is 0 Å². The van der Waals surface area contributed by atoms with E-state index in [0.717, 1.165) is 12.1 Å². The van der Waals surface area contributed by atoms with E-state index in [1.54, 1.807) is 6.92 Å². The zero-order valence-corrected chi connectivity index (χ0v) is 10.4. The molecule has 1 heterocycles. The number of allylic oxidation sites excluding steroid dienone is 1. The number of hydrogen-bond donors (Lipinski definition) is 0. The third-order valence-corrected chi connectivity index (χ3v) is 6.97. The number of alkyl halides is 3. The molecule has 0 fully saturated rings. The van der Waals surface area contributed by atoms with Crippen molar-refractivity contribution in [2.24, 2.45) is 0 Å². The molecule has 17 heavy (non-hydrogen) atoms. The molecular weight excluding hydrogens is 276 g/mol. The normalized spacial score (nSPS) is 27.3.